The van der Waals surface area contributed by atoms with Gasteiger partial charge in [0.1, 0.15) is 5.82 Å². The highest BCUT2D eigenvalue weighted by Gasteiger charge is 2.15. The summed E-state index contributed by atoms with van der Waals surface area (Å²) in [5, 5.41) is 12.9. The average Bonchev–Trinajstić information content (AvgIpc) is 2.50. The van der Waals surface area contributed by atoms with Gasteiger partial charge < -0.3 is 5.32 Å². The molecule has 0 heterocycles. The van der Waals surface area contributed by atoms with E-state index in [-0.39, 0.29) is 17.4 Å². The van der Waals surface area contributed by atoms with Crippen molar-refractivity contribution in [1.82, 2.24) is 0 Å². The van der Waals surface area contributed by atoms with E-state index in [1.807, 2.05) is 0 Å². The Morgan fingerprint density at radius 1 is 1.18 bits per heavy atom. The third kappa shape index (κ3) is 4.29. The molecular formula is C15H13FN2O3S. The van der Waals surface area contributed by atoms with Crippen molar-refractivity contribution >= 4 is 29.0 Å². The SMILES string of the molecule is CC(Sc1ccc([N+](=O)[O-])cc1)C(=O)Nc1ccc(F)cc1. The Kier molecular flexibility index (Phi) is 5.11. The number of non-ortho nitro benzene ring substituents is 1. The number of anilines is 1. The number of carbonyl (C=O) groups excluding carboxylic acids is 1. The number of hydrogen-bond acceptors (Lipinski definition) is 4. The van der Waals surface area contributed by atoms with Gasteiger partial charge in [-0.25, -0.2) is 4.39 Å². The third-order valence-electron chi connectivity index (χ3n) is 2.84. The van der Waals surface area contributed by atoms with E-state index in [0.717, 1.165) is 4.90 Å². The molecule has 0 radical (unpaired) electrons. The summed E-state index contributed by atoms with van der Waals surface area (Å²) in [5.74, 6) is -0.596. The van der Waals surface area contributed by atoms with E-state index in [4.69, 9.17) is 0 Å². The zero-order valence-corrected chi connectivity index (χ0v) is 12.5. The molecule has 2 aromatic carbocycles. The van der Waals surface area contributed by atoms with Crippen molar-refractivity contribution < 1.29 is 14.1 Å². The molecule has 0 saturated carbocycles. The van der Waals surface area contributed by atoms with Crippen molar-refractivity contribution in [1.29, 1.82) is 0 Å². The lowest BCUT2D eigenvalue weighted by Gasteiger charge is -2.12. The van der Waals surface area contributed by atoms with Gasteiger partial charge in [0.05, 0.1) is 10.2 Å². The minimum Gasteiger partial charge on any atom is -0.325 e. The van der Waals surface area contributed by atoms with E-state index < -0.39 is 10.2 Å². The quantitative estimate of drug-likeness (QED) is 0.516. The van der Waals surface area contributed by atoms with Gasteiger partial charge in [-0.3, -0.25) is 14.9 Å². The second kappa shape index (κ2) is 7.04. The Morgan fingerprint density at radius 3 is 2.32 bits per heavy atom. The zero-order chi connectivity index (χ0) is 16.1. The van der Waals surface area contributed by atoms with Crippen molar-refractivity contribution in [2.45, 2.75) is 17.1 Å². The maximum absolute atomic E-state index is 12.8. The van der Waals surface area contributed by atoms with Crippen molar-refractivity contribution in [3.8, 4) is 0 Å². The fraction of sp³-hybridized carbons (Fsp3) is 0.133. The molecule has 1 N–H and O–H groups in total. The average molecular weight is 320 g/mol. The van der Waals surface area contributed by atoms with Gasteiger partial charge >= 0.3 is 0 Å². The first-order chi connectivity index (χ1) is 10.5. The van der Waals surface area contributed by atoms with Crippen LogP contribution in [-0.2, 0) is 4.79 Å². The summed E-state index contributed by atoms with van der Waals surface area (Å²) in [7, 11) is 0. The molecule has 0 spiro atoms. The Morgan fingerprint density at radius 2 is 1.77 bits per heavy atom. The maximum Gasteiger partial charge on any atom is 0.269 e. The van der Waals surface area contributed by atoms with Crippen molar-refractivity contribution in [2.24, 2.45) is 0 Å². The molecule has 0 fully saturated rings. The van der Waals surface area contributed by atoms with Crippen LogP contribution in [0.15, 0.2) is 53.4 Å². The predicted molar refractivity (Wildman–Crippen MR) is 83.4 cm³/mol. The summed E-state index contributed by atoms with van der Waals surface area (Å²) in [6.45, 7) is 1.73. The number of hydrogen-bond donors (Lipinski definition) is 1. The van der Waals surface area contributed by atoms with Crippen LogP contribution in [0, 0.1) is 15.9 Å². The van der Waals surface area contributed by atoms with Crippen LogP contribution < -0.4 is 5.32 Å². The smallest absolute Gasteiger partial charge is 0.269 e. The number of amides is 1. The fourth-order valence-electron chi connectivity index (χ4n) is 1.68. The normalized spacial score (nSPS) is 11.7. The summed E-state index contributed by atoms with van der Waals surface area (Å²) in [6, 6.07) is 11.5. The van der Waals surface area contributed by atoms with Crippen molar-refractivity contribution in [3.63, 3.8) is 0 Å². The van der Waals surface area contributed by atoms with E-state index in [0.29, 0.717) is 5.69 Å². The van der Waals surface area contributed by atoms with Crippen molar-refractivity contribution in [2.75, 3.05) is 5.32 Å². The number of nitrogens with zero attached hydrogens (tertiary/aromatic N) is 1. The molecule has 114 valence electrons. The number of nitro benzene ring substituents is 1. The second-order valence-electron chi connectivity index (χ2n) is 4.51. The summed E-state index contributed by atoms with van der Waals surface area (Å²) in [6.07, 6.45) is 0. The summed E-state index contributed by atoms with van der Waals surface area (Å²) in [5.41, 5.74) is 0.523. The molecule has 0 aliphatic carbocycles. The Balaban J connectivity index is 1.95. The first-order valence-electron chi connectivity index (χ1n) is 6.43. The molecule has 2 aromatic rings. The van der Waals surface area contributed by atoms with Crippen LogP contribution in [0.25, 0.3) is 0 Å². The molecule has 22 heavy (non-hydrogen) atoms. The molecule has 7 heteroatoms. The number of benzene rings is 2. The van der Waals surface area contributed by atoms with Gasteiger partial charge in [-0.05, 0) is 43.3 Å². The van der Waals surface area contributed by atoms with E-state index in [1.165, 1.54) is 48.2 Å². The molecule has 2 rings (SSSR count). The molecule has 0 saturated heterocycles. The summed E-state index contributed by atoms with van der Waals surface area (Å²) >= 11 is 1.29. The molecule has 0 aliphatic heterocycles. The Bertz CT molecular complexity index is 674. The number of nitrogens with one attached hydrogen (secondary N) is 1. The maximum atomic E-state index is 12.8. The van der Waals surface area contributed by atoms with E-state index in [1.54, 1.807) is 19.1 Å². The molecule has 1 amide bonds. The topological polar surface area (TPSA) is 72.2 Å². The van der Waals surface area contributed by atoms with E-state index >= 15 is 0 Å². The molecule has 1 unspecified atom stereocenters. The fourth-order valence-corrected chi connectivity index (χ4v) is 2.55. The minimum atomic E-state index is -0.473. The molecule has 0 aromatic heterocycles. The summed E-state index contributed by atoms with van der Waals surface area (Å²) in [4.78, 5) is 22.9. The van der Waals surface area contributed by atoms with Gasteiger partial charge in [-0.1, -0.05) is 0 Å². The van der Waals surface area contributed by atoms with Gasteiger partial charge in [-0.15, -0.1) is 11.8 Å². The monoisotopic (exact) mass is 320 g/mol. The molecular weight excluding hydrogens is 307 g/mol. The van der Waals surface area contributed by atoms with E-state index in [9.17, 15) is 19.3 Å². The van der Waals surface area contributed by atoms with Crippen LogP contribution in [0.4, 0.5) is 15.8 Å². The molecule has 5 nitrogen and oxygen atoms in total. The number of rotatable bonds is 5. The van der Waals surface area contributed by atoms with Crippen LogP contribution in [-0.4, -0.2) is 16.1 Å². The number of nitro groups is 1. The van der Waals surface area contributed by atoms with Gasteiger partial charge in [-0.2, -0.15) is 0 Å². The Hall–Kier alpha value is -2.41. The molecule has 0 aliphatic rings. The molecule has 0 bridgehead atoms. The Labute approximate surface area is 130 Å². The van der Waals surface area contributed by atoms with Crippen LogP contribution in [0.1, 0.15) is 6.92 Å². The van der Waals surface area contributed by atoms with Gasteiger partial charge in [0.15, 0.2) is 0 Å². The van der Waals surface area contributed by atoms with Crippen LogP contribution >= 0.6 is 11.8 Å². The largest absolute Gasteiger partial charge is 0.325 e. The minimum absolute atomic E-state index is 0.00719. The molecule has 1 atom stereocenters. The first kappa shape index (κ1) is 16.0. The first-order valence-corrected chi connectivity index (χ1v) is 7.31. The third-order valence-corrected chi connectivity index (χ3v) is 3.95. The lowest BCUT2D eigenvalue weighted by atomic mass is 10.3. The number of carbonyl (C=O) groups is 1. The highest BCUT2D eigenvalue weighted by atomic mass is 32.2. The second-order valence-corrected chi connectivity index (χ2v) is 5.92. The number of halogens is 1. The summed E-state index contributed by atoms with van der Waals surface area (Å²) < 4.78 is 12.8. The highest BCUT2D eigenvalue weighted by Crippen LogP contribution is 2.26. The van der Waals surface area contributed by atoms with Crippen molar-refractivity contribution in [3.05, 3.63) is 64.5 Å². The van der Waals surface area contributed by atoms with Crippen LogP contribution in [0.2, 0.25) is 0 Å². The highest BCUT2D eigenvalue weighted by molar-refractivity contribution is 8.00. The predicted octanol–water partition coefficient (Wildman–Crippen LogP) is 3.85. The van der Waals surface area contributed by atoms with E-state index in [2.05, 4.69) is 5.32 Å². The lowest BCUT2D eigenvalue weighted by Crippen LogP contribution is -2.22. The van der Waals surface area contributed by atoms with Crippen LogP contribution in [0.5, 0.6) is 0 Å². The van der Waals surface area contributed by atoms with Crippen LogP contribution in [0.3, 0.4) is 0 Å². The lowest BCUT2D eigenvalue weighted by molar-refractivity contribution is -0.384. The van der Waals surface area contributed by atoms with Gasteiger partial charge in [0.25, 0.3) is 5.69 Å². The standard InChI is InChI=1S/C15H13FN2O3S/c1-10(15(19)17-12-4-2-11(16)3-5-12)22-14-8-6-13(7-9-14)18(20)21/h2-10H,1H3,(H,17,19). The van der Waals surface area contributed by atoms with Gasteiger partial charge in [0.2, 0.25) is 5.91 Å². The number of thioether (sulfide) groups is 1. The van der Waals surface area contributed by atoms with Gasteiger partial charge in [0, 0.05) is 22.7 Å². The zero-order valence-electron chi connectivity index (χ0n) is 11.7.